The molecule has 7 heteroatoms. The number of hydrogen-bond donors (Lipinski definition) is 1. The van der Waals surface area contributed by atoms with Gasteiger partial charge in [0.05, 0.1) is 17.3 Å². The summed E-state index contributed by atoms with van der Waals surface area (Å²) in [4.78, 5) is 15.3. The van der Waals surface area contributed by atoms with Crippen LogP contribution in [0.25, 0.3) is 17.1 Å². The predicted octanol–water partition coefficient (Wildman–Crippen LogP) is 4.53. The average Bonchev–Trinajstić information content (AvgIpc) is 3.49. The number of likely N-dealkylation sites (N-methyl/N-ethyl adjacent to an activating group) is 1. The molecule has 154 valence electrons. The maximum atomic E-state index is 13.2. The second-order valence-corrected chi connectivity index (χ2v) is 8.11. The highest BCUT2D eigenvalue weighted by atomic mass is 32.1. The van der Waals surface area contributed by atoms with Crippen molar-refractivity contribution in [3.05, 3.63) is 82.4 Å². The van der Waals surface area contributed by atoms with Crippen molar-refractivity contribution in [2.24, 2.45) is 0 Å². The molecule has 0 aliphatic carbocycles. The Hall–Kier alpha value is -3.16. The van der Waals surface area contributed by atoms with Crippen molar-refractivity contribution < 1.29 is 9.21 Å². The molecule has 0 spiro atoms. The molecule has 3 aromatic heterocycles. The van der Waals surface area contributed by atoms with E-state index in [1.165, 1.54) is 5.56 Å². The number of aryl methyl sites for hydroxylation is 1. The molecule has 3 heterocycles. The van der Waals surface area contributed by atoms with Gasteiger partial charge in [0.1, 0.15) is 11.5 Å². The second kappa shape index (κ2) is 8.69. The smallest absolute Gasteiger partial charge is 0.255 e. The molecular formula is C23H24N4O2S. The van der Waals surface area contributed by atoms with E-state index in [-0.39, 0.29) is 11.9 Å². The zero-order valence-corrected chi connectivity index (χ0v) is 18.0. The van der Waals surface area contributed by atoms with E-state index in [0.717, 1.165) is 11.4 Å². The number of nitrogens with zero attached hydrogens (tertiary/aromatic N) is 3. The third-order valence-corrected chi connectivity index (χ3v) is 5.66. The van der Waals surface area contributed by atoms with Crippen LogP contribution in [0.1, 0.15) is 27.7 Å². The van der Waals surface area contributed by atoms with E-state index < -0.39 is 0 Å². The van der Waals surface area contributed by atoms with Crippen LogP contribution in [-0.2, 0) is 0 Å². The molecule has 0 radical (unpaired) electrons. The minimum Gasteiger partial charge on any atom is -0.460 e. The summed E-state index contributed by atoms with van der Waals surface area (Å²) >= 11 is 1.65. The summed E-state index contributed by atoms with van der Waals surface area (Å²) < 4.78 is 7.48. The van der Waals surface area contributed by atoms with Crippen LogP contribution >= 0.6 is 11.3 Å². The Morgan fingerprint density at radius 2 is 2.00 bits per heavy atom. The molecule has 0 aliphatic heterocycles. The Balaban J connectivity index is 1.63. The Morgan fingerprint density at radius 1 is 1.20 bits per heavy atom. The van der Waals surface area contributed by atoms with E-state index in [0.29, 0.717) is 23.6 Å². The van der Waals surface area contributed by atoms with Crippen LogP contribution in [0.3, 0.4) is 0 Å². The van der Waals surface area contributed by atoms with Gasteiger partial charge < -0.3 is 14.6 Å². The summed E-state index contributed by atoms with van der Waals surface area (Å²) in [5.74, 6) is 1.17. The third kappa shape index (κ3) is 4.22. The first kappa shape index (κ1) is 20.1. The van der Waals surface area contributed by atoms with Gasteiger partial charge >= 0.3 is 0 Å². The van der Waals surface area contributed by atoms with Crippen LogP contribution in [0.4, 0.5) is 0 Å². The molecule has 1 amide bonds. The van der Waals surface area contributed by atoms with Crippen molar-refractivity contribution in [3.63, 3.8) is 0 Å². The van der Waals surface area contributed by atoms with Gasteiger partial charge in [0.25, 0.3) is 5.91 Å². The zero-order valence-electron chi connectivity index (χ0n) is 17.2. The Morgan fingerprint density at radius 3 is 2.63 bits per heavy atom. The molecule has 0 saturated heterocycles. The van der Waals surface area contributed by atoms with Crippen LogP contribution in [-0.4, -0.2) is 41.2 Å². The highest BCUT2D eigenvalue weighted by Gasteiger charge is 2.22. The van der Waals surface area contributed by atoms with E-state index in [9.17, 15) is 4.79 Å². The molecule has 1 N–H and O–H groups in total. The Labute approximate surface area is 179 Å². The number of carbonyl (C=O) groups excluding carboxylic acids is 1. The molecule has 1 aromatic carbocycles. The van der Waals surface area contributed by atoms with Gasteiger partial charge in [-0.1, -0.05) is 18.2 Å². The first-order chi connectivity index (χ1) is 14.5. The van der Waals surface area contributed by atoms with Gasteiger partial charge in [-0.3, -0.25) is 4.79 Å². The van der Waals surface area contributed by atoms with Crippen molar-refractivity contribution in [2.75, 3.05) is 20.6 Å². The lowest BCUT2D eigenvalue weighted by atomic mass is 10.1. The SMILES string of the molecule is Cc1ccc(-c2nn(-c3ccccc3)cc2C(=O)NC[C@H](c2ccsc2)N(C)C)o1. The van der Waals surface area contributed by atoms with E-state index in [1.807, 2.05) is 63.5 Å². The maximum absolute atomic E-state index is 13.2. The quantitative estimate of drug-likeness (QED) is 0.477. The van der Waals surface area contributed by atoms with Gasteiger partial charge in [0.2, 0.25) is 0 Å². The molecule has 1 atom stereocenters. The normalized spacial score (nSPS) is 12.3. The molecule has 0 unspecified atom stereocenters. The number of carbonyl (C=O) groups is 1. The molecule has 6 nitrogen and oxygen atoms in total. The molecule has 0 fully saturated rings. The molecule has 0 aliphatic rings. The molecule has 4 aromatic rings. The average molecular weight is 421 g/mol. The highest BCUT2D eigenvalue weighted by Crippen LogP contribution is 2.26. The van der Waals surface area contributed by atoms with E-state index in [4.69, 9.17) is 4.42 Å². The molecule has 30 heavy (non-hydrogen) atoms. The van der Waals surface area contributed by atoms with Gasteiger partial charge in [0, 0.05) is 12.7 Å². The molecular weight excluding hydrogens is 396 g/mol. The minimum absolute atomic E-state index is 0.0960. The van der Waals surface area contributed by atoms with Gasteiger partial charge in [-0.2, -0.15) is 16.4 Å². The lowest BCUT2D eigenvalue weighted by Gasteiger charge is -2.23. The number of thiophene rings is 1. The van der Waals surface area contributed by atoms with Crippen LogP contribution < -0.4 is 5.32 Å². The van der Waals surface area contributed by atoms with Gasteiger partial charge in [-0.15, -0.1) is 0 Å². The first-order valence-corrected chi connectivity index (χ1v) is 10.7. The minimum atomic E-state index is -0.177. The van der Waals surface area contributed by atoms with E-state index >= 15 is 0 Å². The van der Waals surface area contributed by atoms with Gasteiger partial charge in [0.15, 0.2) is 5.76 Å². The monoisotopic (exact) mass is 420 g/mol. The lowest BCUT2D eigenvalue weighted by molar-refractivity contribution is 0.0942. The van der Waals surface area contributed by atoms with Crippen LogP contribution in [0.2, 0.25) is 0 Å². The summed E-state index contributed by atoms with van der Waals surface area (Å²) in [7, 11) is 4.03. The fraction of sp³-hybridized carbons (Fsp3) is 0.217. The Bertz CT molecular complexity index is 1110. The summed E-state index contributed by atoms with van der Waals surface area (Å²) in [6.45, 7) is 2.37. The molecule has 0 saturated carbocycles. The summed E-state index contributed by atoms with van der Waals surface area (Å²) in [5, 5.41) is 11.9. The third-order valence-electron chi connectivity index (χ3n) is 4.96. The van der Waals surface area contributed by atoms with Crippen molar-refractivity contribution in [1.82, 2.24) is 20.0 Å². The number of nitrogens with one attached hydrogen (secondary N) is 1. The van der Waals surface area contributed by atoms with Crippen LogP contribution in [0.15, 0.2) is 69.9 Å². The molecule has 4 rings (SSSR count). The topological polar surface area (TPSA) is 63.3 Å². The number of benzene rings is 1. The van der Waals surface area contributed by atoms with Crippen molar-refractivity contribution in [2.45, 2.75) is 13.0 Å². The fourth-order valence-corrected chi connectivity index (χ4v) is 4.05. The second-order valence-electron chi connectivity index (χ2n) is 7.33. The van der Waals surface area contributed by atoms with Crippen LogP contribution in [0.5, 0.6) is 0 Å². The van der Waals surface area contributed by atoms with Gasteiger partial charge in [-0.05, 0) is 67.7 Å². The fourth-order valence-electron chi connectivity index (χ4n) is 3.34. The summed E-state index contributed by atoms with van der Waals surface area (Å²) in [6.07, 6.45) is 1.76. The van der Waals surface area contributed by atoms with E-state index in [2.05, 4.69) is 32.1 Å². The summed E-state index contributed by atoms with van der Waals surface area (Å²) in [6, 6.07) is 15.6. The predicted molar refractivity (Wildman–Crippen MR) is 119 cm³/mol. The van der Waals surface area contributed by atoms with Crippen molar-refractivity contribution in [3.8, 4) is 17.1 Å². The summed E-state index contributed by atoms with van der Waals surface area (Å²) in [5.41, 5.74) is 3.08. The maximum Gasteiger partial charge on any atom is 0.255 e. The Kier molecular flexibility index (Phi) is 5.83. The number of furan rings is 1. The zero-order chi connectivity index (χ0) is 21.1. The van der Waals surface area contributed by atoms with Crippen molar-refractivity contribution >= 4 is 17.2 Å². The number of aromatic nitrogens is 2. The standard InChI is InChI=1S/C23H24N4O2S/c1-16-9-10-21(29-16)22-19(14-27(25-22)18-7-5-4-6-8-18)23(28)24-13-20(26(2)3)17-11-12-30-15-17/h4-12,14-15,20H,13H2,1-3H3,(H,24,28)/t20-/m1/s1. The highest BCUT2D eigenvalue weighted by molar-refractivity contribution is 7.07. The number of rotatable bonds is 7. The number of hydrogen-bond acceptors (Lipinski definition) is 5. The van der Waals surface area contributed by atoms with Crippen LogP contribution in [0, 0.1) is 6.92 Å². The van der Waals surface area contributed by atoms with Crippen molar-refractivity contribution in [1.29, 1.82) is 0 Å². The lowest BCUT2D eigenvalue weighted by Crippen LogP contribution is -2.34. The van der Waals surface area contributed by atoms with E-state index in [1.54, 1.807) is 22.2 Å². The first-order valence-electron chi connectivity index (χ1n) is 9.71. The number of amides is 1. The largest absolute Gasteiger partial charge is 0.460 e. The molecule has 0 bridgehead atoms. The number of para-hydroxylation sites is 1. The van der Waals surface area contributed by atoms with Gasteiger partial charge in [-0.25, -0.2) is 4.68 Å².